The van der Waals surface area contributed by atoms with E-state index < -0.39 is 0 Å². The van der Waals surface area contributed by atoms with Gasteiger partial charge in [0, 0.05) is 31.4 Å². The number of anilines is 1. The second-order valence-electron chi connectivity index (χ2n) is 6.15. The van der Waals surface area contributed by atoms with Gasteiger partial charge in [-0.15, -0.1) is 0 Å². The van der Waals surface area contributed by atoms with Crippen molar-refractivity contribution >= 4 is 23.7 Å². The Kier molecular flexibility index (Phi) is 6.44. The fraction of sp³-hybridized carbons (Fsp3) is 0.300. The van der Waals surface area contributed by atoms with Gasteiger partial charge in [0.2, 0.25) is 6.41 Å². The third kappa shape index (κ3) is 4.52. The van der Waals surface area contributed by atoms with E-state index in [1.54, 1.807) is 17.0 Å². The number of allylic oxidation sites excluding steroid dienone is 2. The number of hydrogen-bond donors (Lipinski definition) is 0. The molecule has 1 saturated heterocycles. The first kappa shape index (κ1) is 18.8. The lowest BCUT2D eigenvalue weighted by atomic mass is 10.1. The summed E-state index contributed by atoms with van der Waals surface area (Å²) < 4.78 is 0. The smallest absolute Gasteiger partial charge is 0.209 e. The molecule has 1 amide bonds. The van der Waals surface area contributed by atoms with E-state index in [0.29, 0.717) is 23.7 Å². The van der Waals surface area contributed by atoms with Gasteiger partial charge in [0.25, 0.3) is 0 Å². The Labute approximate surface area is 154 Å². The van der Waals surface area contributed by atoms with Gasteiger partial charge in [0.05, 0.1) is 10.6 Å². The average Bonchev–Trinajstić information content (AvgIpc) is 3.07. The van der Waals surface area contributed by atoms with Crippen molar-refractivity contribution in [1.29, 1.82) is 5.26 Å². The number of rotatable bonds is 7. The monoisotopic (exact) mass is 355 g/mol. The largest absolute Gasteiger partial charge is 0.362 e. The average molecular weight is 356 g/mol. The number of halogens is 1. The molecule has 1 aliphatic rings. The highest BCUT2D eigenvalue weighted by atomic mass is 35.5. The molecular formula is C20H22ClN3O. The summed E-state index contributed by atoms with van der Waals surface area (Å²) >= 11 is 6.23. The molecule has 1 heterocycles. The summed E-state index contributed by atoms with van der Waals surface area (Å²) in [5.74, 6) is 0. The van der Waals surface area contributed by atoms with E-state index in [-0.39, 0.29) is 6.04 Å². The standard InChI is InChI=1S/C20H22ClN3O/c1-4-5-17(15(2)3)12-24(19-8-9-23(13-19)14-25)18-7-6-16(11-22)20(21)10-18/h4-7,10,14,19H,1-2,8-9,12-13H2,3H3/b17-5-. The molecule has 1 aliphatic heterocycles. The number of hydrogen-bond acceptors (Lipinski definition) is 3. The maximum atomic E-state index is 11.1. The highest BCUT2D eigenvalue weighted by molar-refractivity contribution is 6.32. The number of carbonyl (C=O) groups is 1. The van der Waals surface area contributed by atoms with Crippen LogP contribution < -0.4 is 4.90 Å². The SMILES string of the molecule is C=C/C=C(/CN(c1ccc(C#N)c(Cl)c1)C1CCN(C=O)C1)C(=C)C. The van der Waals surface area contributed by atoms with Crippen LogP contribution in [0.3, 0.4) is 0 Å². The lowest BCUT2D eigenvalue weighted by molar-refractivity contribution is -0.117. The van der Waals surface area contributed by atoms with E-state index in [1.807, 2.05) is 25.1 Å². The van der Waals surface area contributed by atoms with Gasteiger partial charge in [-0.2, -0.15) is 5.26 Å². The topological polar surface area (TPSA) is 47.3 Å². The van der Waals surface area contributed by atoms with Crippen molar-refractivity contribution in [2.45, 2.75) is 19.4 Å². The van der Waals surface area contributed by atoms with Crippen LogP contribution in [0.2, 0.25) is 5.02 Å². The van der Waals surface area contributed by atoms with E-state index >= 15 is 0 Å². The molecule has 0 bridgehead atoms. The summed E-state index contributed by atoms with van der Waals surface area (Å²) in [5, 5.41) is 9.52. The fourth-order valence-corrected chi connectivity index (χ4v) is 3.20. The molecule has 1 unspecified atom stereocenters. The first-order valence-corrected chi connectivity index (χ1v) is 8.51. The van der Waals surface area contributed by atoms with Crippen LogP contribution in [0.1, 0.15) is 18.9 Å². The number of nitriles is 1. The zero-order valence-corrected chi connectivity index (χ0v) is 15.2. The maximum Gasteiger partial charge on any atom is 0.209 e. The van der Waals surface area contributed by atoms with Gasteiger partial charge in [-0.1, -0.05) is 42.5 Å². The fourth-order valence-electron chi connectivity index (χ4n) is 2.98. The summed E-state index contributed by atoms with van der Waals surface area (Å²) in [6.07, 6.45) is 5.48. The van der Waals surface area contributed by atoms with Crippen molar-refractivity contribution in [2.24, 2.45) is 0 Å². The quantitative estimate of drug-likeness (QED) is 0.550. The van der Waals surface area contributed by atoms with Crippen LogP contribution in [0.5, 0.6) is 0 Å². The van der Waals surface area contributed by atoms with Gasteiger partial charge >= 0.3 is 0 Å². The summed E-state index contributed by atoms with van der Waals surface area (Å²) in [6.45, 7) is 11.8. The Hall–Kier alpha value is -2.51. The van der Waals surface area contributed by atoms with Crippen LogP contribution in [-0.2, 0) is 4.79 Å². The lowest BCUT2D eigenvalue weighted by Gasteiger charge is -2.32. The Bertz CT molecular complexity index is 748. The van der Waals surface area contributed by atoms with E-state index in [0.717, 1.165) is 36.2 Å². The molecule has 0 N–H and O–H groups in total. The van der Waals surface area contributed by atoms with E-state index in [2.05, 4.69) is 24.1 Å². The van der Waals surface area contributed by atoms with Crippen molar-refractivity contribution in [3.63, 3.8) is 0 Å². The van der Waals surface area contributed by atoms with Crippen molar-refractivity contribution in [1.82, 2.24) is 4.90 Å². The zero-order valence-electron chi connectivity index (χ0n) is 14.4. The van der Waals surface area contributed by atoms with Crippen LogP contribution in [0.4, 0.5) is 5.69 Å². The molecule has 0 aromatic heterocycles. The van der Waals surface area contributed by atoms with Crippen LogP contribution in [-0.4, -0.2) is 37.0 Å². The molecular weight excluding hydrogens is 334 g/mol. The zero-order chi connectivity index (χ0) is 18.4. The number of nitrogens with zero attached hydrogens (tertiary/aromatic N) is 3. The highest BCUT2D eigenvalue weighted by Gasteiger charge is 2.28. The predicted molar refractivity (Wildman–Crippen MR) is 103 cm³/mol. The minimum Gasteiger partial charge on any atom is -0.362 e. The van der Waals surface area contributed by atoms with Crippen LogP contribution in [0.15, 0.2) is 54.7 Å². The highest BCUT2D eigenvalue weighted by Crippen LogP contribution is 2.29. The molecule has 1 aromatic carbocycles. The van der Waals surface area contributed by atoms with Crippen LogP contribution in [0, 0.1) is 11.3 Å². The first-order chi connectivity index (χ1) is 12.0. The Balaban J connectivity index is 2.38. The molecule has 130 valence electrons. The molecule has 5 heteroatoms. The number of carbonyl (C=O) groups excluding carboxylic acids is 1. The minimum atomic E-state index is 0.182. The molecule has 0 saturated carbocycles. The molecule has 1 atom stereocenters. The first-order valence-electron chi connectivity index (χ1n) is 8.13. The maximum absolute atomic E-state index is 11.1. The van der Waals surface area contributed by atoms with E-state index in [4.69, 9.17) is 16.9 Å². The second kappa shape index (κ2) is 8.55. The summed E-state index contributed by atoms with van der Waals surface area (Å²) in [6, 6.07) is 7.71. The van der Waals surface area contributed by atoms with Gasteiger partial charge in [0.1, 0.15) is 6.07 Å². The van der Waals surface area contributed by atoms with Crippen LogP contribution in [0.25, 0.3) is 0 Å². The van der Waals surface area contributed by atoms with Gasteiger partial charge in [0.15, 0.2) is 0 Å². The summed E-state index contributed by atoms with van der Waals surface area (Å²) in [4.78, 5) is 15.1. The number of benzene rings is 1. The van der Waals surface area contributed by atoms with Crippen molar-refractivity contribution < 1.29 is 4.79 Å². The third-order valence-corrected chi connectivity index (χ3v) is 4.71. The molecule has 4 nitrogen and oxygen atoms in total. The molecule has 1 fully saturated rings. The van der Waals surface area contributed by atoms with Crippen molar-refractivity contribution in [3.05, 3.63) is 65.2 Å². The second-order valence-corrected chi connectivity index (χ2v) is 6.56. The number of amides is 1. The molecule has 25 heavy (non-hydrogen) atoms. The Morgan fingerprint density at radius 1 is 1.56 bits per heavy atom. The van der Waals surface area contributed by atoms with Gasteiger partial charge in [-0.05, 0) is 37.1 Å². The molecule has 2 rings (SSSR count). The Morgan fingerprint density at radius 2 is 2.32 bits per heavy atom. The van der Waals surface area contributed by atoms with Gasteiger partial charge < -0.3 is 9.80 Å². The van der Waals surface area contributed by atoms with Gasteiger partial charge in [-0.3, -0.25) is 4.79 Å². The summed E-state index contributed by atoms with van der Waals surface area (Å²) in [5.41, 5.74) is 3.42. The molecule has 1 aromatic rings. The lowest BCUT2D eigenvalue weighted by Crippen LogP contribution is -2.39. The van der Waals surface area contributed by atoms with Gasteiger partial charge in [-0.25, -0.2) is 0 Å². The predicted octanol–water partition coefficient (Wildman–Crippen LogP) is 3.94. The molecule has 0 aliphatic carbocycles. The Morgan fingerprint density at radius 3 is 2.84 bits per heavy atom. The normalized spacial score (nSPS) is 17.1. The van der Waals surface area contributed by atoms with Crippen molar-refractivity contribution in [3.8, 4) is 6.07 Å². The molecule has 0 spiro atoms. The van der Waals surface area contributed by atoms with Crippen LogP contribution >= 0.6 is 11.6 Å². The van der Waals surface area contributed by atoms with Crippen molar-refractivity contribution in [2.75, 3.05) is 24.5 Å². The molecule has 0 radical (unpaired) electrons. The number of likely N-dealkylation sites (tertiary alicyclic amines) is 1. The third-order valence-electron chi connectivity index (χ3n) is 4.40. The van der Waals surface area contributed by atoms with E-state index in [1.165, 1.54) is 0 Å². The van der Waals surface area contributed by atoms with E-state index in [9.17, 15) is 4.79 Å². The summed E-state index contributed by atoms with van der Waals surface area (Å²) in [7, 11) is 0. The minimum absolute atomic E-state index is 0.182.